The first-order valence-electron chi connectivity index (χ1n) is 14.5. The minimum atomic E-state index is -4.19. The average Bonchev–Trinajstić information content (AvgIpc) is 3.41. The number of nitrogens with zero attached hydrogens (tertiary/aromatic N) is 3. The smallest absolute Gasteiger partial charge is 0.401 e. The largest absolute Gasteiger partial charge is 0.478 e. The summed E-state index contributed by atoms with van der Waals surface area (Å²) in [5, 5.41) is 9.36. The van der Waals surface area contributed by atoms with Crippen LogP contribution in [0.15, 0.2) is 72.8 Å². The molecule has 1 aliphatic heterocycles. The molecule has 5 aromatic rings. The quantitative estimate of drug-likeness (QED) is 0.170. The minimum Gasteiger partial charge on any atom is -0.478 e. The molecule has 2 N–H and O–H groups in total. The lowest BCUT2D eigenvalue weighted by molar-refractivity contribution is -0.149. The Labute approximate surface area is 260 Å². The monoisotopic (exact) mass is 636 g/mol. The van der Waals surface area contributed by atoms with Gasteiger partial charge in [-0.15, -0.1) is 0 Å². The van der Waals surface area contributed by atoms with Gasteiger partial charge < -0.3 is 14.8 Å². The lowest BCUT2D eigenvalue weighted by Crippen LogP contribution is -2.48. The van der Waals surface area contributed by atoms with Gasteiger partial charge in [-0.25, -0.2) is 13.6 Å². The lowest BCUT2D eigenvalue weighted by Gasteiger charge is -2.35. The van der Waals surface area contributed by atoms with E-state index in [9.17, 15) is 23.1 Å². The molecule has 12 heteroatoms. The van der Waals surface area contributed by atoms with Gasteiger partial charge >= 0.3 is 12.1 Å². The molecule has 0 radical (unpaired) electrons. The number of halogens is 5. The van der Waals surface area contributed by atoms with Crippen molar-refractivity contribution in [2.45, 2.75) is 19.6 Å². The number of imidazole rings is 1. The maximum Gasteiger partial charge on any atom is 0.401 e. The molecule has 1 saturated heterocycles. The maximum absolute atomic E-state index is 15.6. The molecule has 4 aromatic carbocycles. The zero-order valence-corrected chi connectivity index (χ0v) is 24.7. The Bertz CT molecular complexity index is 1880. The van der Waals surface area contributed by atoms with Crippen molar-refractivity contribution in [1.82, 2.24) is 19.8 Å². The Balaban J connectivity index is 1.14. The maximum atomic E-state index is 15.6. The van der Waals surface area contributed by atoms with E-state index in [0.29, 0.717) is 43.9 Å². The molecule has 0 atom stereocenters. The lowest BCUT2D eigenvalue weighted by atomic mass is 9.98. The molecule has 7 nitrogen and oxygen atoms in total. The second-order valence-electron chi connectivity index (χ2n) is 11.3. The summed E-state index contributed by atoms with van der Waals surface area (Å²) in [6.45, 7) is 3.27. The van der Waals surface area contributed by atoms with Crippen molar-refractivity contribution in [3.8, 4) is 34.0 Å². The zero-order valence-electron chi connectivity index (χ0n) is 24.7. The average molecular weight is 637 g/mol. The summed E-state index contributed by atoms with van der Waals surface area (Å²) in [5.41, 5.74) is 3.40. The van der Waals surface area contributed by atoms with Crippen LogP contribution in [-0.2, 0) is 6.54 Å². The summed E-state index contributed by atoms with van der Waals surface area (Å²) in [5.74, 6) is -2.60. The number of piperazine rings is 1. The van der Waals surface area contributed by atoms with Gasteiger partial charge in [-0.05, 0) is 46.9 Å². The third kappa shape index (κ3) is 6.87. The highest BCUT2D eigenvalue weighted by molar-refractivity contribution is 5.90. The second kappa shape index (κ2) is 12.5. The predicted molar refractivity (Wildman–Crippen MR) is 163 cm³/mol. The van der Waals surface area contributed by atoms with Crippen LogP contribution in [0.25, 0.3) is 33.3 Å². The number of benzene rings is 4. The molecule has 238 valence electrons. The molecule has 0 saturated carbocycles. The van der Waals surface area contributed by atoms with Crippen LogP contribution in [-0.4, -0.2) is 69.7 Å². The van der Waals surface area contributed by atoms with Gasteiger partial charge in [0, 0.05) is 38.8 Å². The van der Waals surface area contributed by atoms with Gasteiger partial charge in [0.2, 0.25) is 0 Å². The molecule has 1 aromatic heterocycles. The van der Waals surface area contributed by atoms with Crippen molar-refractivity contribution in [3.63, 3.8) is 0 Å². The number of carboxylic acid groups (broad SMARTS) is 1. The molecule has 0 amide bonds. The number of carboxylic acids is 1. The van der Waals surface area contributed by atoms with Gasteiger partial charge in [0.25, 0.3) is 6.01 Å². The number of aromatic carboxylic acids is 1. The third-order valence-corrected chi connectivity index (χ3v) is 8.04. The summed E-state index contributed by atoms with van der Waals surface area (Å²) in [6, 6.07) is 20.1. The van der Waals surface area contributed by atoms with E-state index in [0.717, 1.165) is 22.8 Å². The molecule has 1 aliphatic rings. The number of H-pyrrole nitrogens is 1. The first-order chi connectivity index (χ1) is 21.9. The Morgan fingerprint density at radius 2 is 1.50 bits per heavy atom. The van der Waals surface area contributed by atoms with E-state index in [4.69, 9.17) is 4.74 Å². The molecule has 6 rings (SSSR count). The summed E-state index contributed by atoms with van der Waals surface area (Å²) < 4.78 is 74.4. The highest BCUT2D eigenvalue weighted by atomic mass is 19.4. The van der Waals surface area contributed by atoms with Crippen LogP contribution in [0.2, 0.25) is 0 Å². The normalized spacial score (nSPS) is 14.6. The molecular weight excluding hydrogens is 607 g/mol. The van der Waals surface area contributed by atoms with Crippen molar-refractivity contribution in [2.24, 2.45) is 0 Å². The highest BCUT2D eigenvalue weighted by Gasteiger charge is 2.32. The Hall–Kier alpha value is -4.81. The number of hydrogen-bond acceptors (Lipinski definition) is 5. The molecule has 1 fully saturated rings. The summed E-state index contributed by atoms with van der Waals surface area (Å²) in [7, 11) is 0. The van der Waals surface area contributed by atoms with E-state index in [1.54, 1.807) is 43.3 Å². The van der Waals surface area contributed by atoms with Crippen molar-refractivity contribution in [1.29, 1.82) is 0 Å². The number of nitrogens with one attached hydrogen (secondary N) is 1. The number of rotatable bonds is 8. The van der Waals surface area contributed by atoms with Gasteiger partial charge in [0.1, 0.15) is 17.1 Å². The van der Waals surface area contributed by atoms with Crippen molar-refractivity contribution < 1.29 is 36.6 Å². The van der Waals surface area contributed by atoms with Crippen molar-refractivity contribution in [3.05, 3.63) is 101 Å². The van der Waals surface area contributed by atoms with Crippen molar-refractivity contribution >= 4 is 17.0 Å². The van der Waals surface area contributed by atoms with Crippen LogP contribution in [0, 0.1) is 18.6 Å². The van der Waals surface area contributed by atoms with E-state index >= 15 is 8.78 Å². The fourth-order valence-corrected chi connectivity index (χ4v) is 5.63. The number of hydrogen-bond donors (Lipinski definition) is 2. The molecule has 46 heavy (non-hydrogen) atoms. The first kappa shape index (κ1) is 31.2. The Morgan fingerprint density at radius 3 is 2.13 bits per heavy atom. The highest BCUT2D eigenvalue weighted by Crippen LogP contribution is 2.34. The summed E-state index contributed by atoms with van der Waals surface area (Å²) in [6.07, 6.45) is -4.19. The van der Waals surface area contributed by atoms with Gasteiger partial charge in [-0.1, -0.05) is 54.6 Å². The molecule has 0 spiro atoms. The molecule has 2 heterocycles. The van der Waals surface area contributed by atoms with Crippen molar-refractivity contribution in [2.75, 3.05) is 32.7 Å². The van der Waals surface area contributed by atoms with E-state index in [1.807, 2.05) is 24.3 Å². The minimum absolute atomic E-state index is 0.0483. The van der Waals surface area contributed by atoms with Gasteiger partial charge in [-0.3, -0.25) is 9.80 Å². The van der Waals surface area contributed by atoms with Gasteiger partial charge in [0.15, 0.2) is 5.82 Å². The number of aromatic amines is 1. The van der Waals surface area contributed by atoms with Crippen LogP contribution in [0.4, 0.5) is 22.0 Å². The number of aromatic nitrogens is 2. The first-order valence-corrected chi connectivity index (χ1v) is 14.5. The van der Waals surface area contributed by atoms with Crippen LogP contribution in [0.3, 0.4) is 0 Å². The van der Waals surface area contributed by atoms with E-state index in [-0.39, 0.29) is 33.9 Å². The van der Waals surface area contributed by atoms with E-state index in [1.165, 1.54) is 11.0 Å². The summed E-state index contributed by atoms with van der Waals surface area (Å²) >= 11 is 0. The van der Waals surface area contributed by atoms with E-state index < -0.39 is 30.3 Å². The molecule has 0 aliphatic carbocycles. The second-order valence-corrected chi connectivity index (χ2v) is 11.3. The standard InChI is InChI=1S/C34H29F5N4O3/c1-20-2-11-25(16-26(20)32(44)45)46-33-40-28-17-27(35)29(30(36)31(28)41-33)24-9-7-23(8-10-24)22-5-3-21(4-6-22)18-42-12-14-43(15-13-42)19-34(37,38)39/h2-11,16-17H,12-15,18-19H2,1H3,(H,40,41)(H,44,45). The Morgan fingerprint density at radius 1 is 0.891 bits per heavy atom. The fraction of sp³-hybridized carbons (Fsp3) is 0.235. The molecule has 0 unspecified atom stereocenters. The fourth-order valence-electron chi connectivity index (χ4n) is 5.63. The Kier molecular flexibility index (Phi) is 8.49. The predicted octanol–water partition coefficient (Wildman–Crippen LogP) is 7.65. The zero-order chi connectivity index (χ0) is 32.6. The van der Waals surface area contributed by atoms with Crippen LogP contribution < -0.4 is 4.74 Å². The number of ether oxygens (including phenoxy) is 1. The van der Waals surface area contributed by atoms with Gasteiger partial charge in [-0.2, -0.15) is 18.2 Å². The molecule has 0 bridgehead atoms. The topological polar surface area (TPSA) is 81.7 Å². The number of fused-ring (bicyclic) bond motifs is 1. The summed E-state index contributed by atoms with van der Waals surface area (Å²) in [4.78, 5) is 21.9. The van der Waals surface area contributed by atoms with E-state index in [2.05, 4.69) is 14.9 Å². The number of carbonyl (C=O) groups is 1. The van der Waals surface area contributed by atoms with Gasteiger partial charge in [0.05, 0.1) is 23.2 Å². The number of alkyl halides is 3. The number of aryl methyl sites for hydroxylation is 1. The van der Waals surface area contributed by atoms with Crippen LogP contribution >= 0.6 is 0 Å². The third-order valence-electron chi connectivity index (χ3n) is 8.04. The molecular formula is C34H29F5N4O3. The van der Waals surface area contributed by atoms with Crippen LogP contribution in [0.1, 0.15) is 21.5 Å². The van der Waals surface area contributed by atoms with Crippen LogP contribution in [0.5, 0.6) is 11.8 Å². The SMILES string of the molecule is Cc1ccc(Oc2nc3c(F)c(-c4ccc(-c5ccc(CN6CCN(CC(F)(F)F)CC6)cc5)cc4)c(F)cc3[nH]2)cc1C(=O)O.